The third-order valence-electron chi connectivity index (χ3n) is 6.29. The average molecular weight is 445 g/mol. The molecule has 0 aromatic heterocycles. The number of ether oxygens (including phenoxy) is 2. The number of nitrogens with zero attached hydrogens (tertiary/aromatic N) is 2. The number of hydrogen-bond donors (Lipinski definition) is 0. The lowest BCUT2D eigenvalue weighted by molar-refractivity contribution is -0.149. The van der Waals surface area contributed by atoms with Gasteiger partial charge in [0.25, 0.3) is 0 Å². The third kappa shape index (κ3) is 4.04. The van der Waals surface area contributed by atoms with Crippen molar-refractivity contribution < 1.29 is 31.5 Å². The van der Waals surface area contributed by atoms with Crippen LogP contribution in [0.2, 0.25) is 0 Å². The van der Waals surface area contributed by atoms with Crippen LogP contribution in [0.5, 0.6) is 5.75 Å². The molecule has 3 heterocycles. The number of piperidine rings is 1. The van der Waals surface area contributed by atoms with Crippen molar-refractivity contribution in [2.45, 2.75) is 56.2 Å². The molecular formula is C20H26F2N2O5S. The van der Waals surface area contributed by atoms with E-state index < -0.39 is 16.6 Å². The largest absolute Gasteiger partial charge is 0.465 e. The van der Waals surface area contributed by atoms with Gasteiger partial charge in [0.15, 0.2) is 0 Å². The second-order valence-electron chi connectivity index (χ2n) is 8.43. The zero-order valence-corrected chi connectivity index (χ0v) is 17.6. The highest BCUT2D eigenvalue weighted by molar-refractivity contribution is 7.89. The Labute approximate surface area is 175 Å². The van der Waals surface area contributed by atoms with Crippen molar-refractivity contribution in [2.75, 3.05) is 26.2 Å². The Kier molecular flexibility index (Phi) is 5.75. The normalized spacial score (nSPS) is 26.0. The molecule has 3 aliphatic rings. The van der Waals surface area contributed by atoms with E-state index in [4.69, 9.17) is 4.74 Å². The first kappa shape index (κ1) is 21.5. The van der Waals surface area contributed by atoms with Gasteiger partial charge in [-0.3, -0.25) is 9.69 Å². The van der Waals surface area contributed by atoms with E-state index in [0.29, 0.717) is 6.61 Å². The molecule has 7 nitrogen and oxygen atoms in total. The molecule has 3 fully saturated rings. The number of alkyl halides is 2. The molecule has 2 atom stereocenters. The number of hydrogen-bond acceptors (Lipinski definition) is 6. The highest BCUT2D eigenvalue weighted by Crippen LogP contribution is 2.51. The number of carbonyl (C=O) groups excluding carboxylic acids is 1. The topological polar surface area (TPSA) is 76.2 Å². The maximum atomic E-state index is 13.2. The number of sulfonamides is 1. The summed E-state index contributed by atoms with van der Waals surface area (Å²) in [5.74, 6) is -0.296. The molecule has 0 saturated carbocycles. The third-order valence-corrected chi connectivity index (χ3v) is 8.31. The highest BCUT2D eigenvalue weighted by Gasteiger charge is 2.56. The van der Waals surface area contributed by atoms with Crippen LogP contribution in [0.15, 0.2) is 29.2 Å². The Morgan fingerprint density at radius 1 is 1.17 bits per heavy atom. The van der Waals surface area contributed by atoms with Crippen molar-refractivity contribution in [3.8, 4) is 5.75 Å². The predicted molar refractivity (Wildman–Crippen MR) is 104 cm³/mol. The molecule has 0 N–H and O–H groups in total. The van der Waals surface area contributed by atoms with Crippen LogP contribution < -0.4 is 4.74 Å². The van der Waals surface area contributed by atoms with Gasteiger partial charge in [0, 0.05) is 25.2 Å². The molecule has 1 aromatic carbocycles. The summed E-state index contributed by atoms with van der Waals surface area (Å²) in [6.45, 7) is 1.04. The summed E-state index contributed by atoms with van der Waals surface area (Å²) < 4.78 is 62.1. The summed E-state index contributed by atoms with van der Waals surface area (Å²) in [5.41, 5.74) is 0.0549. The fraction of sp³-hybridized carbons (Fsp3) is 0.650. The fourth-order valence-corrected chi connectivity index (χ4v) is 7.24. The highest BCUT2D eigenvalue weighted by atomic mass is 32.2. The van der Waals surface area contributed by atoms with E-state index in [2.05, 4.69) is 9.64 Å². The number of likely N-dealkylation sites (tertiary alicyclic amines) is 1. The minimum atomic E-state index is -3.71. The van der Waals surface area contributed by atoms with Crippen LogP contribution in [0.1, 0.15) is 32.6 Å². The molecule has 0 amide bonds. The maximum absolute atomic E-state index is 13.2. The molecule has 1 aromatic rings. The van der Waals surface area contributed by atoms with E-state index in [9.17, 15) is 22.0 Å². The van der Waals surface area contributed by atoms with Crippen LogP contribution in [-0.2, 0) is 19.6 Å². The summed E-state index contributed by atoms with van der Waals surface area (Å²) in [5, 5.41) is 0. The quantitative estimate of drug-likeness (QED) is 0.602. The van der Waals surface area contributed by atoms with Crippen LogP contribution in [-0.4, -0.2) is 68.5 Å². The SMILES string of the molecule is CCOC(=O)CN1CC2(CC3CCC(C2)N3S(=O)(=O)c2ccc(OC(F)F)cc2)C1. The molecule has 166 valence electrons. The van der Waals surface area contributed by atoms with Crippen LogP contribution in [0.4, 0.5) is 8.78 Å². The lowest BCUT2D eigenvalue weighted by Gasteiger charge is -2.55. The van der Waals surface area contributed by atoms with Crippen LogP contribution >= 0.6 is 0 Å². The standard InChI is InChI=1S/C20H26F2N2O5S/c1-2-28-18(25)11-23-12-20(13-23)9-14-3-4-15(10-20)24(14)30(26,27)17-7-5-16(6-8-17)29-19(21)22/h5-8,14-15,19H,2-4,9-13H2,1H3. The van der Waals surface area contributed by atoms with Gasteiger partial charge in [-0.2, -0.15) is 13.1 Å². The maximum Gasteiger partial charge on any atom is 0.387 e. The molecule has 0 aliphatic carbocycles. The van der Waals surface area contributed by atoms with Crippen LogP contribution in [0, 0.1) is 5.41 Å². The lowest BCUT2D eigenvalue weighted by Crippen LogP contribution is -2.64. The Hall–Kier alpha value is -1.78. The molecule has 10 heteroatoms. The number of rotatable bonds is 7. The van der Waals surface area contributed by atoms with Gasteiger partial charge in [-0.15, -0.1) is 0 Å². The first-order chi connectivity index (χ1) is 14.2. The Bertz CT molecular complexity index is 871. The van der Waals surface area contributed by atoms with Gasteiger partial charge < -0.3 is 9.47 Å². The van der Waals surface area contributed by atoms with Crippen molar-refractivity contribution in [3.05, 3.63) is 24.3 Å². The molecule has 3 aliphatic heterocycles. The van der Waals surface area contributed by atoms with E-state index in [0.717, 1.165) is 38.8 Å². The van der Waals surface area contributed by atoms with Gasteiger partial charge in [-0.25, -0.2) is 8.42 Å². The van der Waals surface area contributed by atoms with E-state index >= 15 is 0 Å². The molecule has 30 heavy (non-hydrogen) atoms. The molecule has 3 saturated heterocycles. The van der Waals surface area contributed by atoms with Gasteiger partial charge >= 0.3 is 12.6 Å². The van der Waals surface area contributed by atoms with E-state index in [1.165, 1.54) is 24.3 Å². The predicted octanol–water partition coefficient (Wildman–Crippen LogP) is 2.47. The second kappa shape index (κ2) is 8.05. The molecule has 0 radical (unpaired) electrons. The van der Waals surface area contributed by atoms with Crippen molar-refractivity contribution >= 4 is 16.0 Å². The lowest BCUT2D eigenvalue weighted by atomic mass is 9.70. The van der Waals surface area contributed by atoms with Gasteiger partial charge in [0.2, 0.25) is 10.0 Å². The summed E-state index contributed by atoms with van der Waals surface area (Å²) >= 11 is 0. The average Bonchev–Trinajstić information content (AvgIpc) is 2.93. The first-order valence-corrected chi connectivity index (χ1v) is 11.6. The summed E-state index contributed by atoms with van der Waals surface area (Å²) in [4.78, 5) is 13.8. The minimum Gasteiger partial charge on any atom is -0.465 e. The smallest absolute Gasteiger partial charge is 0.387 e. The number of esters is 1. The second-order valence-corrected chi connectivity index (χ2v) is 10.3. The van der Waals surface area contributed by atoms with E-state index in [-0.39, 0.29) is 40.7 Å². The summed E-state index contributed by atoms with van der Waals surface area (Å²) in [7, 11) is -3.71. The molecule has 4 rings (SSSR count). The Balaban J connectivity index is 1.42. The number of carbonyl (C=O) groups is 1. The van der Waals surface area contributed by atoms with Crippen molar-refractivity contribution in [3.63, 3.8) is 0 Å². The number of halogens is 2. The summed E-state index contributed by atoms with van der Waals surface area (Å²) in [6, 6.07) is 5.01. The number of fused-ring (bicyclic) bond motifs is 2. The van der Waals surface area contributed by atoms with Crippen LogP contribution in [0.25, 0.3) is 0 Å². The number of benzene rings is 1. The fourth-order valence-electron chi connectivity index (χ4n) is 5.37. The van der Waals surface area contributed by atoms with Crippen molar-refractivity contribution in [1.82, 2.24) is 9.21 Å². The first-order valence-electron chi connectivity index (χ1n) is 10.2. The van der Waals surface area contributed by atoms with Gasteiger partial charge in [-0.1, -0.05) is 0 Å². The minimum absolute atomic E-state index is 0.0549. The zero-order chi connectivity index (χ0) is 21.5. The van der Waals surface area contributed by atoms with E-state index in [1.54, 1.807) is 11.2 Å². The molecule has 2 bridgehead atoms. The molecular weight excluding hydrogens is 418 g/mol. The van der Waals surface area contributed by atoms with Crippen molar-refractivity contribution in [2.24, 2.45) is 5.41 Å². The van der Waals surface area contributed by atoms with Crippen molar-refractivity contribution in [1.29, 1.82) is 0 Å². The zero-order valence-electron chi connectivity index (χ0n) is 16.8. The monoisotopic (exact) mass is 444 g/mol. The molecule has 2 unspecified atom stereocenters. The van der Waals surface area contributed by atoms with Gasteiger partial charge in [0.1, 0.15) is 5.75 Å². The summed E-state index contributed by atoms with van der Waals surface area (Å²) in [6.07, 6.45) is 3.18. The van der Waals surface area contributed by atoms with Gasteiger partial charge in [0.05, 0.1) is 18.0 Å². The molecule has 1 spiro atoms. The van der Waals surface area contributed by atoms with E-state index in [1.807, 2.05) is 0 Å². The van der Waals surface area contributed by atoms with Crippen LogP contribution in [0.3, 0.4) is 0 Å². The van der Waals surface area contributed by atoms with Gasteiger partial charge in [-0.05, 0) is 62.3 Å². The Morgan fingerprint density at radius 3 is 2.30 bits per heavy atom. The Morgan fingerprint density at radius 2 is 1.77 bits per heavy atom.